The van der Waals surface area contributed by atoms with Crippen molar-refractivity contribution < 1.29 is 125 Å². The second kappa shape index (κ2) is 11.6. The van der Waals surface area contributed by atoms with Crippen molar-refractivity contribution in [3.8, 4) is 0 Å². The zero-order valence-corrected chi connectivity index (χ0v) is 19.3. The van der Waals surface area contributed by atoms with Crippen molar-refractivity contribution in [2.45, 2.75) is 84.9 Å². The molecule has 2 atom stereocenters. The maximum absolute atomic E-state index is 13.5. The molecule has 0 radical (unpaired) electrons. The highest BCUT2D eigenvalue weighted by Gasteiger charge is 2.87. The van der Waals surface area contributed by atoms with E-state index in [2.05, 4.69) is 0 Å². The van der Waals surface area contributed by atoms with Crippen LogP contribution in [0.5, 0.6) is 0 Å². The second-order valence-electron chi connectivity index (χ2n) is 8.01. The summed E-state index contributed by atoms with van der Waals surface area (Å²) in [5.41, 5.74) is 0. The predicted molar refractivity (Wildman–Crippen MR) is 82.9 cm³/mol. The Morgan fingerprint density at radius 3 is 0.795 bits per heavy atom. The first-order valence-corrected chi connectivity index (χ1v) is 9.68. The lowest BCUT2D eigenvalue weighted by atomic mass is 9.94. The molecule has 2 unspecified atom stereocenters. The lowest BCUT2D eigenvalue weighted by Crippen LogP contribution is -2.67. The summed E-state index contributed by atoms with van der Waals surface area (Å²) in [5.74, 6) is -73.0. The van der Waals surface area contributed by atoms with Gasteiger partial charge in [-0.15, -0.1) is 0 Å². The predicted octanol–water partition coefficient (Wildman–Crippen LogP) is 7.65. The van der Waals surface area contributed by atoms with Crippen molar-refractivity contribution in [3.05, 3.63) is 0 Å². The van der Waals surface area contributed by atoms with Gasteiger partial charge in [-0.25, -0.2) is 28.1 Å². The maximum atomic E-state index is 13.5. The summed E-state index contributed by atoms with van der Waals surface area (Å²) in [6.45, 7) is 0. The molecule has 0 aromatic heterocycles. The van der Waals surface area contributed by atoms with Crippen molar-refractivity contribution in [1.82, 2.24) is 0 Å². The van der Waals surface area contributed by atoms with Crippen LogP contribution >= 0.6 is 0 Å². The number of alkyl halides is 24. The SMILES string of the molecule is O=C(OOC(=O)C(F)(F)C(F)(F)C(F)(F)C(F)(F)C(F)CC(F)(F)F)C(F)(F)C(F)(F)C(F)(F)C(F)(F)C(F)CC(F)(F)F. The van der Waals surface area contributed by atoms with Gasteiger partial charge in [0.2, 0.25) is 0 Å². The van der Waals surface area contributed by atoms with Gasteiger partial charge < -0.3 is 0 Å². The fraction of sp³-hybridized carbons (Fsp3) is 0.875. The highest BCUT2D eigenvalue weighted by molar-refractivity contribution is 5.82. The van der Waals surface area contributed by atoms with Gasteiger partial charge in [-0.2, -0.15) is 96.6 Å². The summed E-state index contributed by atoms with van der Waals surface area (Å²) >= 11 is 0. The van der Waals surface area contributed by atoms with E-state index in [1.807, 2.05) is 9.78 Å². The van der Waals surface area contributed by atoms with Crippen molar-refractivity contribution in [3.63, 3.8) is 0 Å². The second-order valence-corrected chi connectivity index (χ2v) is 8.01. The highest BCUT2D eigenvalue weighted by Crippen LogP contribution is 2.57. The molecule has 0 rings (SSSR count). The van der Waals surface area contributed by atoms with Crippen LogP contribution in [-0.2, 0) is 19.4 Å². The van der Waals surface area contributed by atoms with Crippen LogP contribution in [0.1, 0.15) is 12.8 Å². The van der Waals surface area contributed by atoms with E-state index in [1.54, 1.807) is 0 Å². The molecule has 0 N–H and O–H groups in total. The standard InChI is InChI=1S/C16H6F24O4/c17-3(1-7(19,20)21)9(25,26)13(33,34)15(37,38)11(29,30)5(41)43-44-6(42)12(31,32)16(39,40)14(35,36)10(27,28)4(18)2-8(22,23)24/h3-4H,1-2H2. The Kier molecular flexibility index (Phi) is 10.8. The molecular formula is C16H6F24O4. The zero-order valence-electron chi connectivity index (χ0n) is 19.3. The van der Waals surface area contributed by atoms with Gasteiger partial charge in [-0.1, -0.05) is 0 Å². The minimum atomic E-state index is -8.21. The van der Waals surface area contributed by atoms with E-state index >= 15 is 0 Å². The Bertz CT molecular complexity index is 960. The van der Waals surface area contributed by atoms with Crippen molar-refractivity contribution in [1.29, 1.82) is 0 Å². The van der Waals surface area contributed by atoms with Gasteiger partial charge in [-0.3, -0.25) is 0 Å². The molecule has 44 heavy (non-hydrogen) atoms. The first kappa shape index (κ1) is 41.3. The average Bonchev–Trinajstić information content (AvgIpc) is 2.78. The van der Waals surface area contributed by atoms with Gasteiger partial charge in [0, 0.05) is 0 Å². The summed E-state index contributed by atoms with van der Waals surface area (Å²) < 4.78 is 313. The van der Waals surface area contributed by atoms with E-state index in [0.717, 1.165) is 0 Å². The number of carbonyl (C=O) groups excluding carboxylic acids is 2. The van der Waals surface area contributed by atoms with Crippen LogP contribution in [0.2, 0.25) is 0 Å². The average molecular weight is 718 g/mol. The highest BCUT2D eigenvalue weighted by atomic mass is 19.4. The van der Waals surface area contributed by atoms with Gasteiger partial charge in [0.1, 0.15) is 0 Å². The molecule has 0 aromatic rings. The lowest BCUT2D eigenvalue weighted by Gasteiger charge is -2.37. The fourth-order valence-corrected chi connectivity index (χ4v) is 2.31. The van der Waals surface area contributed by atoms with Crippen LogP contribution in [0.4, 0.5) is 105 Å². The largest absolute Gasteiger partial charge is 0.431 e. The lowest BCUT2D eigenvalue weighted by molar-refractivity contribution is -0.387. The third kappa shape index (κ3) is 7.05. The van der Waals surface area contributed by atoms with Crippen LogP contribution < -0.4 is 0 Å². The Morgan fingerprint density at radius 2 is 0.614 bits per heavy atom. The molecule has 0 amide bonds. The molecule has 0 aliphatic heterocycles. The van der Waals surface area contributed by atoms with Gasteiger partial charge in [-0.05, 0) is 0 Å². The first-order chi connectivity index (χ1) is 18.8. The van der Waals surface area contributed by atoms with Gasteiger partial charge >= 0.3 is 71.7 Å². The number of hydrogen-bond donors (Lipinski definition) is 0. The van der Waals surface area contributed by atoms with E-state index < -0.39 is 96.9 Å². The zero-order chi connectivity index (χ0) is 36.1. The molecule has 262 valence electrons. The smallest absolute Gasteiger partial charge is 0.240 e. The molecule has 0 aliphatic carbocycles. The minimum Gasteiger partial charge on any atom is -0.240 e. The third-order valence-electron chi connectivity index (χ3n) is 4.73. The van der Waals surface area contributed by atoms with Crippen LogP contribution in [0.15, 0.2) is 0 Å². The van der Waals surface area contributed by atoms with Crippen LogP contribution in [0.25, 0.3) is 0 Å². The topological polar surface area (TPSA) is 52.6 Å². The number of rotatable bonds is 12. The molecule has 0 aliphatic rings. The van der Waals surface area contributed by atoms with Crippen molar-refractivity contribution in [2.24, 2.45) is 0 Å². The van der Waals surface area contributed by atoms with E-state index in [9.17, 15) is 115 Å². The van der Waals surface area contributed by atoms with E-state index in [-0.39, 0.29) is 0 Å². The van der Waals surface area contributed by atoms with Crippen LogP contribution in [0.3, 0.4) is 0 Å². The molecular weight excluding hydrogens is 712 g/mol. The molecule has 0 saturated heterocycles. The van der Waals surface area contributed by atoms with Gasteiger partial charge in [0.15, 0.2) is 12.3 Å². The van der Waals surface area contributed by atoms with Crippen LogP contribution in [-0.4, -0.2) is 84.0 Å². The molecule has 4 nitrogen and oxygen atoms in total. The number of halogens is 24. The summed E-state index contributed by atoms with van der Waals surface area (Å²) in [4.78, 5) is 25.7. The van der Waals surface area contributed by atoms with Crippen LogP contribution in [0, 0.1) is 0 Å². The summed E-state index contributed by atoms with van der Waals surface area (Å²) in [5, 5.41) is 0. The van der Waals surface area contributed by atoms with Gasteiger partial charge in [0.05, 0.1) is 12.8 Å². The molecule has 0 aromatic carbocycles. The fourth-order valence-electron chi connectivity index (χ4n) is 2.31. The minimum absolute atomic E-state index is 1.96. The van der Waals surface area contributed by atoms with Crippen molar-refractivity contribution >= 4 is 11.9 Å². The number of carbonyl (C=O) groups is 2. The van der Waals surface area contributed by atoms with E-state index in [0.29, 0.717) is 0 Å². The summed E-state index contributed by atoms with van der Waals surface area (Å²) in [6.07, 6.45) is -30.9. The normalized spacial score (nSPS) is 16.8. The Labute approximate surface area is 223 Å². The maximum Gasteiger partial charge on any atom is 0.431 e. The molecule has 0 saturated carbocycles. The Balaban J connectivity index is 6.21. The van der Waals surface area contributed by atoms with E-state index in [1.165, 1.54) is 0 Å². The molecule has 0 heterocycles. The number of hydrogen-bond acceptors (Lipinski definition) is 4. The van der Waals surface area contributed by atoms with Crippen molar-refractivity contribution in [2.75, 3.05) is 0 Å². The van der Waals surface area contributed by atoms with Gasteiger partial charge in [0.25, 0.3) is 0 Å². The Morgan fingerprint density at radius 1 is 0.409 bits per heavy atom. The summed E-state index contributed by atoms with van der Waals surface area (Å²) in [6, 6.07) is 0. The third-order valence-corrected chi connectivity index (χ3v) is 4.73. The monoisotopic (exact) mass is 718 g/mol. The molecule has 0 bridgehead atoms. The molecule has 0 spiro atoms. The molecule has 28 heteroatoms. The van der Waals surface area contributed by atoms with E-state index in [4.69, 9.17) is 0 Å². The first-order valence-electron chi connectivity index (χ1n) is 9.68. The molecule has 0 fully saturated rings. The summed E-state index contributed by atoms with van der Waals surface area (Å²) in [7, 11) is 0. The Hall–Kier alpha value is -2.74. The quantitative estimate of drug-likeness (QED) is 0.118.